The van der Waals surface area contributed by atoms with Gasteiger partial charge in [0.25, 0.3) is 0 Å². The zero-order chi connectivity index (χ0) is 15.5. The number of hydrogen-bond donors (Lipinski definition) is 0. The van der Waals surface area contributed by atoms with Crippen molar-refractivity contribution in [2.75, 3.05) is 6.54 Å². The number of likely N-dealkylation sites (tertiary alicyclic amines) is 1. The molecule has 3 heterocycles. The molecule has 0 radical (unpaired) electrons. The fourth-order valence-corrected chi connectivity index (χ4v) is 2.60. The molecule has 1 saturated heterocycles. The molecule has 6 nitrogen and oxygen atoms in total. The van der Waals surface area contributed by atoms with E-state index in [0.29, 0.717) is 25.4 Å². The second-order valence-corrected chi connectivity index (χ2v) is 5.98. The highest BCUT2D eigenvalue weighted by Crippen LogP contribution is 2.28. The Morgan fingerprint density at radius 2 is 2.27 bits per heavy atom. The van der Waals surface area contributed by atoms with Crippen LogP contribution in [0, 0.1) is 0 Å². The number of hydrogen-bond acceptors (Lipinski definition) is 5. The molecule has 6 heteroatoms. The van der Waals surface area contributed by atoms with E-state index in [4.69, 9.17) is 4.52 Å². The van der Waals surface area contributed by atoms with Crippen molar-refractivity contribution in [3.8, 4) is 0 Å². The minimum absolute atomic E-state index is 0.112. The van der Waals surface area contributed by atoms with Gasteiger partial charge in [-0.3, -0.25) is 9.78 Å². The summed E-state index contributed by atoms with van der Waals surface area (Å²) in [4.78, 5) is 22.7. The molecule has 1 aliphatic rings. The largest absolute Gasteiger partial charge is 0.339 e. The van der Waals surface area contributed by atoms with Crippen LogP contribution in [0.5, 0.6) is 0 Å². The zero-order valence-corrected chi connectivity index (χ0v) is 12.9. The molecule has 0 spiro atoms. The van der Waals surface area contributed by atoms with Crippen LogP contribution < -0.4 is 0 Å². The molecular weight excluding hydrogens is 280 g/mol. The molecule has 1 amide bonds. The second-order valence-electron chi connectivity index (χ2n) is 5.98. The lowest BCUT2D eigenvalue weighted by Gasteiger charge is -2.30. The third kappa shape index (κ3) is 3.16. The van der Waals surface area contributed by atoms with Crippen LogP contribution in [0.1, 0.15) is 55.9 Å². The average Bonchev–Trinajstić information content (AvgIpc) is 3.01. The number of carbonyl (C=O) groups is 1. The fraction of sp³-hybridized carbons (Fsp3) is 0.500. The summed E-state index contributed by atoms with van der Waals surface area (Å²) in [5, 5.41) is 4.02. The minimum atomic E-state index is 0.112. The van der Waals surface area contributed by atoms with Crippen molar-refractivity contribution < 1.29 is 9.32 Å². The second kappa shape index (κ2) is 6.25. The number of aromatic nitrogens is 3. The molecule has 1 atom stereocenters. The van der Waals surface area contributed by atoms with Gasteiger partial charge in [-0.15, -0.1) is 0 Å². The van der Waals surface area contributed by atoms with E-state index in [-0.39, 0.29) is 17.7 Å². The first-order chi connectivity index (χ1) is 10.6. The summed E-state index contributed by atoms with van der Waals surface area (Å²) in [6, 6.07) is 5.73. The highest BCUT2D eigenvalue weighted by atomic mass is 16.5. The van der Waals surface area contributed by atoms with Crippen LogP contribution in [0.4, 0.5) is 0 Å². The maximum atomic E-state index is 12.1. The van der Waals surface area contributed by atoms with E-state index in [9.17, 15) is 4.79 Å². The molecule has 0 saturated carbocycles. The summed E-state index contributed by atoms with van der Waals surface area (Å²) in [5.74, 6) is 1.88. The first-order valence-electron chi connectivity index (χ1n) is 7.64. The van der Waals surface area contributed by atoms with E-state index >= 15 is 0 Å². The predicted molar refractivity (Wildman–Crippen MR) is 80.0 cm³/mol. The molecule has 1 aliphatic heterocycles. The van der Waals surface area contributed by atoms with Gasteiger partial charge >= 0.3 is 0 Å². The van der Waals surface area contributed by atoms with Crippen molar-refractivity contribution in [2.24, 2.45) is 0 Å². The Morgan fingerprint density at radius 1 is 1.41 bits per heavy atom. The van der Waals surface area contributed by atoms with Crippen LogP contribution >= 0.6 is 0 Å². The maximum Gasteiger partial charge on any atom is 0.231 e. The molecule has 3 rings (SSSR count). The molecule has 22 heavy (non-hydrogen) atoms. The van der Waals surface area contributed by atoms with Crippen LogP contribution in [0.2, 0.25) is 0 Å². The zero-order valence-electron chi connectivity index (χ0n) is 12.9. The van der Waals surface area contributed by atoms with Crippen molar-refractivity contribution in [3.63, 3.8) is 0 Å². The van der Waals surface area contributed by atoms with E-state index in [1.54, 1.807) is 6.20 Å². The maximum absolute atomic E-state index is 12.1. The van der Waals surface area contributed by atoms with Gasteiger partial charge in [0.1, 0.15) is 0 Å². The van der Waals surface area contributed by atoms with E-state index in [2.05, 4.69) is 15.1 Å². The number of amides is 1. The van der Waals surface area contributed by atoms with Gasteiger partial charge in [-0.1, -0.05) is 25.1 Å². The van der Waals surface area contributed by atoms with Crippen molar-refractivity contribution in [2.45, 2.75) is 45.1 Å². The Kier molecular flexibility index (Phi) is 4.18. The highest BCUT2D eigenvalue weighted by molar-refractivity contribution is 5.77. The van der Waals surface area contributed by atoms with Crippen molar-refractivity contribution in [3.05, 3.63) is 41.8 Å². The molecule has 0 aromatic carbocycles. The van der Waals surface area contributed by atoms with Crippen LogP contribution in [-0.4, -0.2) is 32.5 Å². The molecule has 0 aliphatic carbocycles. The van der Waals surface area contributed by atoms with Crippen molar-refractivity contribution in [1.29, 1.82) is 0 Å². The Morgan fingerprint density at radius 3 is 2.95 bits per heavy atom. The fourth-order valence-electron chi connectivity index (χ4n) is 2.60. The highest BCUT2D eigenvalue weighted by Gasteiger charge is 2.30. The standard InChI is InChI=1S/C16H20N4O2/c1-11(2)15-18-16(22-19-15)12-6-7-14(21)20(9-12)10-13-5-3-4-8-17-13/h3-5,8,11-12H,6-7,9-10H2,1-2H3. The Labute approximate surface area is 129 Å². The van der Waals surface area contributed by atoms with E-state index < -0.39 is 0 Å². The van der Waals surface area contributed by atoms with E-state index in [1.165, 1.54) is 0 Å². The number of carbonyl (C=O) groups excluding carboxylic acids is 1. The summed E-state index contributed by atoms with van der Waals surface area (Å²) in [6.07, 6.45) is 3.02. The first kappa shape index (κ1) is 14.7. The third-order valence-electron chi connectivity index (χ3n) is 3.90. The van der Waals surface area contributed by atoms with Gasteiger partial charge in [-0.2, -0.15) is 4.98 Å². The van der Waals surface area contributed by atoms with Gasteiger partial charge in [0.15, 0.2) is 5.82 Å². The minimum Gasteiger partial charge on any atom is -0.339 e. The number of pyridine rings is 1. The van der Waals surface area contributed by atoms with Gasteiger partial charge in [-0.25, -0.2) is 0 Å². The smallest absolute Gasteiger partial charge is 0.231 e. The third-order valence-corrected chi connectivity index (χ3v) is 3.90. The topological polar surface area (TPSA) is 72.1 Å². The van der Waals surface area contributed by atoms with Gasteiger partial charge < -0.3 is 9.42 Å². The molecule has 2 aromatic heterocycles. The molecule has 1 fully saturated rings. The number of nitrogens with zero attached hydrogens (tertiary/aromatic N) is 4. The molecule has 0 bridgehead atoms. The normalized spacial score (nSPS) is 19.0. The molecular formula is C16H20N4O2. The van der Waals surface area contributed by atoms with Gasteiger partial charge in [0.05, 0.1) is 18.2 Å². The van der Waals surface area contributed by atoms with Gasteiger partial charge in [0, 0.05) is 25.1 Å². The van der Waals surface area contributed by atoms with E-state index in [1.807, 2.05) is 36.9 Å². The monoisotopic (exact) mass is 300 g/mol. The Balaban J connectivity index is 1.71. The van der Waals surface area contributed by atoms with E-state index in [0.717, 1.165) is 17.9 Å². The SMILES string of the molecule is CC(C)c1noc(C2CCC(=O)N(Cc3ccccn3)C2)n1. The van der Waals surface area contributed by atoms with Gasteiger partial charge in [0.2, 0.25) is 11.8 Å². The van der Waals surface area contributed by atoms with Crippen LogP contribution in [-0.2, 0) is 11.3 Å². The lowest BCUT2D eigenvalue weighted by Crippen LogP contribution is -2.38. The summed E-state index contributed by atoms with van der Waals surface area (Å²) in [5.41, 5.74) is 0.893. The van der Waals surface area contributed by atoms with Crippen LogP contribution in [0.15, 0.2) is 28.9 Å². The average molecular weight is 300 g/mol. The number of rotatable bonds is 4. The van der Waals surface area contributed by atoms with Crippen molar-refractivity contribution >= 4 is 5.91 Å². The van der Waals surface area contributed by atoms with Crippen LogP contribution in [0.3, 0.4) is 0 Å². The predicted octanol–water partition coefficient (Wildman–Crippen LogP) is 2.49. The summed E-state index contributed by atoms with van der Waals surface area (Å²) in [7, 11) is 0. The summed E-state index contributed by atoms with van der Waals surface area (Å²) in [6.45, 7) is 5.20. The Hall–Kier alpha value is -2.24. The number of piperidine rings is 1. The summed E-state index contributed by atoms with van der Waals surface area (Å²) >= 11 is 0. The summed E-state index contributed by atoms with van der Waals surface area (Å²) < 4.78 is 5.38. The molecule has 1 unspecified atom stereocenters. The Bertz CT molecular complexity index is 639. The lowest BCUT2D eigenvalue weighted by molar-refractivity contribution is -0.134. The molecule has 116 valence electrons. The van der Waals surface area contributed by atoms with Crippen LogP contribution in [0.25, 0.3) is 0 Å². The quantitative estimate of drug-likeness (QED) is 0.867. The lowest BCUT2D eigenvalue weighted by atomic mass is 9.97. The first-order valence-corrected chi connectivity index (χ1v) is 7.64. The molecule has 0 N–H and O–H groups in total. The van der Waals surface area contributed by atoms with Gasteiger partial charge in [-0.05, 0) is 18.6 Å². The molecule has 2 aromatic rings. The van der Waals surface area contributed by atoms with Crippen molar-refractivity contribution in [1.82, 2.24) is 20.0 Å².